The van der Waals surface area contributed by atoms with Crippen LogP contribution >= 0.6 is 12.4 Å². The van der Waals surface area contributed by atoms with E-state index < -0.39 is 10.0 Å². The Morgan fingerprint density at radius 3 is 2.72 bits per heavy atom. The second kappa shape index (κ2) is 12.7. The van der Waals surface area contributed by atoms with Crippen LogP contribution in [0, 0.1) is 6.92 Å². The molecule has 0 saturated carbocycles. The van der Waals surface area contributed by atoms with Crippen molar-refractivity contribution < 1.29 is 13.2 Å². The fourth-order valence-electron chi connectivity index (χ4n) is 4.58. The highest BCUT2D eigenvalue weighted by Crippen LogP contribution is 2.37. The lowest BCUT2D eigenvalue weighted by atomic mass is 10.0. The van der Waals surface area contributed by atoms with Gasteiger partial charge in [-0.2, -0.15) is 0 Å². The van der Waals surface area contributed by atoms with E-state index in [9.17, 15) is 8.42 Å². The molecule has 2 aromatic carbocycles. The van der Waals surface area contributed by atoms with Crippen LogP contribution in [0.2, 0.25) is 0 Å². The minimum Gasteiger partial charge on any atom is -0.437 e. The van der Waals surface area contributed by atoms with E-state index in [-0.39, 0.29) is 30.7 Å². The van der Waals surface area contributed by atoms with E-state index in [1.165, 1.54) is 0 Å². The van der Waals surface area contributed by atoms with Crippen LogP contribution in [0.1, 0.15) is 30.9 Å². The molecule has 2 aromatic heterocycles. The number of hydrogen-bond acceptors (Lipinski definition) is 8. The Kier molecular flexibility index (Phi) is 9.34. The van der Waals surface area contributed by atoms with Crippen LogP contribution in [-0.2, 0) is 16.6 Å². The van der Waals surface area contributed by atoms with Gasteiger partial charge in [-0.05, 0) is 67.9 Å². The van der Waals surface area contributed by atoms with Crippen LogP contribution in [0.25, 0.3) is 22.0 Å². The van der Waals surface area contributed by atoms with Gasteiger partial charge in [0.05, 0.1) is 17.0 Å². The van der Waals surface area contributed by atoms with Gasteiger partial charge in [0.1, 0.15) is 5.75 Å². The third-order valence-corrected chi connectivity index (χ3v) is 8.04. The highest BCUT2D eigenvalue weighted by molar-refractivity contribution is 7.89. The number of pyridine rings is 1. The predicted octanol–water partition coefficient (Wildman–Crippen LogP) is 4.82. The van der Waals surface area contributed by atoms with Crippen LogP contribution in [0.5, 0.6) is 11.6 Å². The number of rotatable bonds is 9. The summed E-state index contributed by atoms with van der Waals surface area (Å²) in [7, 11) is -3.31. The number of piperidine rings is 1. The third kappa shape index (κ3) is 6.83. The number of hydrogen-bond donors (Lipinski definition) is 3. The molecule has 3 heterocycles. The van der Waals surface area contributed by atoms with Gasteiger partial charge in [0.25, 0.3) is 0 Å². The molecule has 0 amide bonds. The average molecular weight is 569 g/mol. The Morgan fingerprint density at radius 1 is 1.05 bits per heavy atom. The van der Waals surface area contributed by atoms with Gasteiger partial charge in [-0.25, -0.2) is 28.1 Å². The van der Waals surface area contributed by atoms with Gasteiger partial charge >= 0.3 is 0 Å². The van der Waals surface area contributed by atoms with Crippen LogP contribution in [0.15, 0.2) is 60.9 Å². The molecule has 5 rings (SSSR count). The quantitative estimate of drug-likeness (QED) is 0.263. The Hall–Kier alpha value is -3.31. The van der Waals surface area contributed by atoms with Gasteiger partial charge in [-0.15, -0.1) is 12.4 Å². The van der Waals surface area contributed by atoms with Gasteiger partial charge in [0.2, 0.25) is 21.9 Å². The van der Waals surface area contributed by atoms with Gasteiger partial charge in [-0.1, -0.05) is 30.3 Å². The lowest BCUT2D eigenvalue weighted by molar-refractivity contribution is 0.466. The van der Waals surface area contributed by atoms with E-state index in [1.807, 2.05) is 55.5 Å². The first-order chi connectivity index (χ1) is 18.4. The Balaban J connectivity index is 0.00000353. The number of benzene rings is 2. The molecule has 1 atom stereocenters. The van der Waals surface area contributed by atoms with Crippen molar-refractivity contribution in [3.8, 4) is 22.9 Å². The maximum absolute atomic E-state index is 12.0. The number of aromatic nitrogens is 3. The molecular weight excluding hydrogens is 536 g/mol. The van der Waals surface area contributed by atoms with Crippen molar-refractivity contribution in [2.75, 3.05) is 24.2 Å². The van der Waals surface area contributed by atoms with Gasteiger partial charge in [0, 0.05) is 36.9 Å². The summed E-state index contributed by atoms with van der Waals surface area (Å²) in [6.45, 7) is 5.73. The van der Waals surface area contributed by atoms with Crippen molar-refractivity contribution in [3.05, 3.63) is 72.1 Å². The molecule has 206 valence electrons. The first kappa shape index (κ1) is 28.7. The molecule has 4 aromatic rings. The van der Waals surface area contributed by atoms with E-state index >= 15 is 0 Å². The van der Waals surface area contributed by atoms with Crippen molar-refractivity contribution in [3.63, 3.8) is 0 Å². The zero-order chi connectivity index (χ0) is 26.5. The minimum absolute atomic E-state index is 0. The maximum Gasteiger partial charge on any atom is 0.228 e. The number of halogens is 1. The summed E-state index contributed by atoms with van der Waals surface area (Å²) in [5.74, 6) is 1.71. The number of aryl methyl sites for hydroxylation is 1. The molecule has 0 bridgehead atoms. The molecule has 0 aliphatic carbocycles. The van der Waals surface area contributed by atoms with Gasteiger partial charge in [0.15, 0.2) is 0 Å². The number of nitrogens with zero attached hydrogens (tertiary/aromatic N) is 3. The molecule has 0 spiro atoms. The predicted molar refractivity (Wildman–Crippen MR) is 157 cm³/mol. The molecule has 1 fully saturated rings. The SMILES string of the molecule is CCS(=O)(=O)NCc1cccc2c(Oc3ncccc3-c3ccnc(N[C@H]4CCCNC4)n3)c(C)ccc12.Cl. The molecule has 0 unspecified atom stereocenters. The molecule has 39 heavy (non-hydrogen) atoms. The molecule has 1 aliphatic heterocycles. The van der Waals surface area contributed by atoms with E-state index in [1.54, 1.807) is 19.3 Å². The number of ether oxygens (including phenoxy) is 1. The summed E-state index contributed by atoms with van der Waals surface area (Å²) in [5.41, 5.74) is 3.27. The number of anilines is 1. The average Bonchev–Trinajstić information content (AvgIpc) is 2.94. The molecule has 9 nitrogen and oxygen atoms in total. The first-order valence-electron chi connectivity index (χ1n) is 12.9. The summed E-state index contributed by atoms with van der Waals surface area (Å²) >= 11 is 0. The monoisotopic (exact) mass is 568 g/mol. The number of fused-ring (bicyclic) bond motifs is 1. The fraction of sp³-hybridized carbons (Fsp3) is 0.321. The van der Waals surface area contributed by atoms with Crippen LogP contribution in [0.3, 0.4) is 0 Å². The van der Waals surface area contributed by atoms with Gasteiger partial charge < -0.3 is 15.4 Å². The normalized spacial score (nSPS) is 15.5. The molecular formula is C28H33ClN6O3S. The lowest BCUT2D eigenvalue weighted by Crippen LogP contribution is -2.38. The van der Waals surface area contributed by atoms with Crippen LogP contribution in [-0.4, -0.2) is 48.3 Å². The van der Waals surface area contributed by atoms with Crippen LogP contribution in [0.4, 0.5) is 5.95 Å². The second-order valence-electron chi connectivity index (χ2n) is 9.36. The Morgan fingerprint density at radius 2 is 1.92 bits per heavy atom. The maximum atomic E-state index is 12.0. The largest absolute Gasteiger partial charge is 0.437 e. The van der Waals surface area contributed by atoms with E-state index in [0.29, 0.717) is 23.3 Å². The first-order valence-corrected chi connectivity index (χ1v) is 14.5. The molecule has 1 saturated heterocycles. The second-order valence-corrected chi connectivity index (χ2v) is 11.5. The smallest absolute Gasteiger partial charge is 0.228 e. The molecule has 11 heteroatoms. The van der Waals surface area contributed by atoms with Gasteiger partial charge in [-0.3, -0.25) is 0 Å². The fourth-order valence-corrected chi connectivity index (χ4v) is 5.16. The summed E-state index contributed by atoms with van der Waals surface area (Å²) < 4.78 is 33.2. The summed E-state index contributed by atoms with van der Waals surface area (Å²) in [4.78, 5) is 13.7. The third-order valence-electron chi connectivity index (χ3n) is 6.69. The highest BCUT2D eigenvalue weighted by atomic mass is 35.5. The zero-order valence-electron chi connectivity index (χ0n) is 22.0. The van der Waals surface area contributed by atoms with Crippen molar-refractivity contribution >= 4 is 39.2 Å². The lowest BCUT2D eigenvalue weighted by Gasteiger charge is -2.23. The van der Waals surface area contributed by atoms with E-state index in [0.717, 1.165) is 53.4 Å². The zero-order valence-corrected chi connectivity index (χ0v) is 23.6. The summed E-state index contributed by atoms with van der Waals surface area (Å²) in [6, 6.07) is 15.7. The standard InChI is InChI=1S/C28H32N6O3S.ClH/c1-3-38(35,36)32-17-20-7-4-9-23-22(20)12-11-19(2)26(23)37-27-24(10-6-15-30-27)25-13-16-31-28(34-25)33-21-8-5-14-29-18-21;/h4,6-7,9-13,15-16,21,29,32H,3,5,8,14,17-18H2,1-2H3,(H,31,33,34);1H/t21-;/m0./s1. The highest BCUT2D eigenvalue weighted by Gasteiger charge is 2.18. The summed E-state index contributed by atoms with van der Waals surface area (Å²) in [6.07, 6.45) is 5.63. The molecule has 1 aliphatic rings. The Labute approximate surface area is 235 Å². The molecule has 0 radical (unpaired) electrons. The van der Waals surface area contributed by atoms with Crippen LogP contribution < -0.4 is 20.1 Å². The van der Waals surface area contributed by atoms with Crippen molar-refractivity contribution in [2.24, 2.45) is 0 Å². The minimum atomic E-state index is -3.31. The summed E-state index contributed by atoms with van der Waals surface area (Å²) in [5, 5.41) is 8.62. The Bertz CT molecular complexity index is 1540. The van der Waals surface area contributed by atoms with E-state index in [4.69, 9.17) is 9.72 Å². The number of sulfonamides is 1. The topological polar surface area (TPSA) is 118 Å². The van der Waals surface area contributed by atoms with Crippen molar-refractivity contribution in [2.45, 2.75) is 39.3 Å². The van der Waals surface area contributed by atoms with E-state index in [2.05, 4.69) is 25.3 Å². The van der Waals surface area contributed by atoms with Crippen molar-refractivity contribution in [1.82, 2.24) is 25.0 Å². The molecule has 3 N–H and O–H groups in total. The number of nitrogens with one attached hydrogen (secondary N) is 3. The van der Waals surface area contributed by atoms with Crippen molar-refractivity contribution in [1.29, 1.82) is 0 Å².